The molecule has 8 nitrogen and oxygen atoms in total. The molecule has 5 rings (SSSR count). The summed E-state index contributed by atoms with van der Waals surface area (Å²) in [5.74, 6) is -0.485. The Morgan fingerprint density at radius 2 is 1.72 bits per heavy atom. The van der Waals surface area contributed by atoms with Crippen LogP contribution in [-0.4, -0.2) is 53.8 Å². The molecule has 0 saturated carbocycles. The fourth-order valence-electron chi connectivity index (χ4n) is 4.79. The zero-order valence-electron chi connectivity index (χ0n) is 22.1. The number of nitrogens with zero attached hydrogens (tertiary/aromatic N) is 2. The first kappa shape index (κ1) is 26.8. The van der Waals surface area contributed by atoms with Crippen molar-refractivity contribution in [3.8, 4) is 0 Å². The number of ether oxygens (including phenoxy) is 2. The van der Waals surface area contributed by atoms with Gasteiger partial charge in [0.05, 0.1) is 30.4 Å². The average molecular weight is 549 g/mol. The Bertz CT molecular complexity index is 1540. The first-order chi connectivity index (χ1) is 18.9. The fourth-order valence-corrected chi connectivity index (χ4v) is 6.29. The van der Waals surface area contributed by atoms with Crippen LogP contribution in [0.4, 0.5) is 11.4 Å². The van der Waals surface area contributed by atoms with E-state index in [1.54, 1.807) is 26.0 Å². The maximum Gasteiger partial charge on any atom is 0.374 e. The zero-order chi connectivity index (χ0) is 27.4. The number of esters is 1. The molecule has 1 saturated heterocycles. The second-order valence-electron chi connectivity index (χ2n) is 9.36. The van der Waals surface area contributed by atoms with E-state index in [-0.39, 0.29) is 23.8 Å². The van der Waals surface area contributed by atoms with Gasteiger partial charge < -0.3 is 18.8 Å². The second kappa shape index (κ2) is 11.5. The second-order valence-corrected chi connectivity index (χ2v) is 11.2. The van der Waals surface area contributed by atoms with Crippen molar-refractivity contribution in [1.29, 1.82) is 0 Å². The van der Waals surface area contributed by atoms with Crippen molar-refractivity contribution in [3.05, 3.63) is 89.7 Å². The van der Waals surface area contributed by atoms with E-state index in [1.807, 2.05) is 54.6 Å². The summed E-state index contributed by atoms with van der Waals surface area (Å²) in [6.07, 6.45) is 0.547. The van der Waals surface area contributed by atoms with Crippen LogP contribution in [-0.2, 0) is 25.9 Å². The molecule has 0 radical (unpaired) electrons. The number of carbonyl (C=O) groups is 1. The van der Waals surface area contributed by atoms with Crippen LogP contribution >= 0.6 is 0 Å². The Morgan fingerprint density at radius 1 is 1.00 bits per heavy atom. The van der Waals surface area contributed by atoms with Gasteiger partial charge in [0.25, 0.3) is 10.0 Å². The molecule has 9 heteroatoms. The van der Waals surface area contributed by atoms with Crippen LogP contribution in [0.15, 0.2) is 82.1 Å². The number of rotatable bonds is 9. The topological polar surface area (TPSA) is 89.3 Å². The van der Waals surface area contributed by atoms with Gasteiger partial charge in [-0.25, -0.2) is 13.2 Å². The van der Waals surface area contributed by atoms with Gasteiger partial charge in [0.15, 0.2) is 0 Å². The van der Waals surface area contributed by atoms with Gasteiger partial charge in [0.1, 0.15) is 5.58 Å². The molecular weight excluding hydrogens is 516 g/mol. The molecule has 3 aromatic carbocycles. The minimum Gasteiger partial charge on any atom is -0.460 e. The van der Waals surface area contributed by atoms with Crippen LogP contribution in [0.25, 0.3) is 11.0 Å². The molecule has 1 fully saturated rings. The van der Waals surface area contributed by atoms with Crippen LogP contribution in [0.1, 0.15) is 28.6 Å². The van der Waals surface area contributed by atoms with Crippen LogP contribution in [0, 0.1) is 6.92 Å². The molecule has 1 aliphatic rings. The molecule has 2 heterocycles. The van der Waals surface area contributed by atoms with Crippen molar-refractivity contribution >= 4 is 38.3 Å². The predicted molar refractivity (Wildman–Crippen MR) is 151 cm³/mol. The molecule has 39 heavy (non-hydrogen) atoms. The van der Waals surface area contributed by atoms with E-state index in [0.717, 1.165) is 24.3 Å². The normalized spacial score (nSPS) is 13.9. The molecule has 0 spiro atoms. The molecule has 4 aromatic rings. The Kier molecular flexibility index (Phi) is 7.90. The van der Waals surface area contributed by atoms with Gasteiger partial charge in [0.2, 0.25) is 5.76 Å². The van der Waals surface area contributed by atoms with E-state index in [4.69, 9.17) is 13.9 Å². The molecule has 0 amide bonds. The summed E-state index contributed by atoms with van der Waals surface area (Å²) < 4.78 is 45.9. The number of hydrogen-bond donors (Lipinski definition) is 0. The van der Waals surface area contributed by atoms with Crippen molar-refractivity contribution in [2.45, 2.75) is 25.2 Å². The smallest absolute Gasteiger partial charge is 0.374 e. The molecular formula is C30H32N2O6S. The minimum absolute atomic E-state index is 0.0843. The highest BCUT2D eigenvalue weighted by Gasteiger charge is 2.27. The highest BCUT2D eigenvalue weighted by molar-refractivity contribution is 7.92. The zero-order valence-corrected chi connectivity index (χ0v) is 22.9. The van der Waals surface area contributed by atoms with Gasteiger partial charge in [0, 0.05) is 36.3 Å². The lowest BCUT2D eigenvalue weighted by Crippen LogP contribution is -2.36. The first-order valence-corrected chi connectivity index (χ1v) is 14.5. The van der Waals surface area contributed by atoms with Crippen LogP contribution in [0.2, 0.25) is 0 Å². The molecule has 204 valence electrons. The van der Waals surface area contributed by atoms with E-state index < -0.39 is 16.0 Å². The quantitative estimate of drug-likeness (QED) is 0.266. The summed E-state index contributed by atoms with van der Waals surface area (Å²) in [6.45, 7) is 6.88. The van der Waals surface area contributed by atoms with Gasteiger partial charge in [-0.2, -0.15) is 0 Å². The molecule has 1 aromatic heterocycles. The summed E-state index contributed by atoms with van der Waals surface area (Å²) >= 11 is 0. The molecule has 1 aliphatic heterocycles. The number of morpholine rings is 1. The van der Waals surface area contributed by atoms with E-state index in [1.165, 1.54) is 10.4 Å². The fraction of sp³-hybridized carbons (Fsp3) is 0.300. The SMILES string of the molecule is CCOC(=O)c1oc2ccc(S(=O)(=O)N(CCc3ccccc3)c3ccc(N4CCOCC4)cc3)cc2c1C. The maximum absolute atomic E-state index is 14.1. The van der Waals surface area contributed by atoms with Gasteiger partial charge in [-0.05, 0) is 68.3 Å². The Labute approximate surface area is 228 Å². The van der Waals surface area contributed by atoms with Gasteiger partial charge in [-0.3, -0.25) is 4.31 Å². The summed E-state index contributed by atoms with van der Waals surface area (Å²) in [5.41, 5.74) is 3.64. The summed E-state index contributed by atoms with van der Waals surface area (Å²) in [6, 6.07) is 22.1. The van der Waals surface area contributed by atoms with Crippen molar-refractivity contribution in [1.82, 2.24) is 0 Å². The first-order valence-electron chi connectivity index (χ1n) is 13.1. The number of benzene rings is 3. The predicted octanol–water partition coefficient (Wildman–Crippen LogP) is 5.19. The summed E-state index contributed by atoms with van der Waals surface area (Å²) in [7, 11) is -3.95. The summed E-state index contributed by atoms with van der Waals surface area (Å²) in [5, 5.41) is 0.560. The van der Waals surface area contributed by atoms with E-state index >= 15 is 0 Å². The largest absolute Gasteiger partial charge is 0.460 e. The van der Waals surface area contributed by atoms with Crippen LogP contribution in [0.3, 0.4) is 0 Å². The third-order valence-corrected chi connectivity index (χ3v) is 8.74. The van der Waals surface area contributed by atoms with Gasteiger partial charge in [-0.15, -0.1) is 0 Å². The summed E-state index contributed by atoms with van der Waals surface area (Å²) in [4.78, 5) is 14.7. The number of carbonyl (C=O) groups excluding carboxylic acids is 1. The van der Waals surface area contributed by atoms with Crippen molar-refractivity contribution in [2.75, 3.05) is 48.7 Å². The van der Waals surface area contributed by atoms with Crippen molar-refractivity contribution < 1.29 is 27.1 Å². The van der Waals surface area contributed by atoms with Crippen molar-refractivity contribution in [3.63, 3.8) is 0 Å². The number of hydrogen-bond acceptors (Lipinski definition) is 7. The highest BCUT2D eigenvalue weighted by atomic mass is 32.2. The van der Waals surface area contributed by atoms with Crippen LogP contribution < -0.4 is 9.21 Å². The molecule has 0 unspecified atom stereocenters. The number of sulfonamides is 1. The maximum atomic E-state index is 14.1. The third kappa shape index (κ3) is 5.65. The lowest BCUT2D eigenvalue weighted by atomic mass is 10.1. The Hall–Kier alpha value is -3.82. The number of fused-ring (bicyclic) bond motifs is 1. The molecule has 0 aliphatic carbocycles. The molecule has 0 bridgehead atoms. The monoisotopic (exact) mass is 548 g/mol. The van der Waals surface area contributed by atoms with Gasteiger partial charge in [-0.1, -0.05) is 30.3 Å². The highest BCUT2D eigenvalue weighted by Crippen LogP contribution is 2.32. The van der Waals surface area contributed by atoms with E-state index in [0.29, 0.717) is 41.9 Å². The third-order valence-electron chi connectivity index (χ3n) is 6.92. The lowest BCUT2D eigenvalue weighted by molar-refractivity contribution is 0.0491. The lowest BCUT2D eigenvalue weighted by Gasteiger charge is -2.30. The Morgan fingerprint density at radius 3 is 2.41 bits per heavy atom. The molecule has 0 atom stereocenters. The standard InChI is InChI=1S/C30H32N2O6S/c1-3-37-30(33)29-22(2)27-21-26(13-14-28(27)38-29)39(34,35)32(16-15-23-7-5-4-6-8-23)25-11-9-24(10-12-25)31-17-19-36-20-18-31/h4-14,21H,3,15-20H2,1-2H3. The van der Waals surface area contributed by atoms with E-state index in [2.05, 4.69) is 4.90 Å². The van der Waals surface area contributed by atoms with E-state index in [9.17, 15) is 13.2 Å². The average Bonchev–Trinajstić information content (AvgIpc) is 3.30. The molecule has 0 N–H and O–H groups in total. The number of anilines is 2. The number of aryl methyl sites for hydroxylation is 1. The number of furan rings is 1. The Balaban J connectivity index is 1.50. The minimum atomic E-state index is -3.95. The van der Waals surface area contributed by atoms with Crippen LogP contribution in [0.5, 0.6) is 0 Å². The van der Waals surface area contributed by atoms with Crippen molar-refractivity contribution in [2.24, 2.45) is 0 Å². The van der Waals surface area contributed by atoms with Gasteiger partial charge >= 0.3 is 5.97 Å².